The highest BCUT2D eigenvalue weighted by atomic mass is 16.1. The smallest absolute Gasteiger partial charge is 0.151 e. The second kappa shape index (κ2) is 4.46. The van der Waals surface area contributed by atoms with Gasteiger partial charge in [0.05, 0.1) is 0 Å². The fraction of sp³-hybridized carbons (Fsp3) is 0.400. The molecule has 0 N–H and O–H groups in total. The summed E-state index contributed by atoms with van der Waals surface area (Å²) in [5, 5.41) is 8.74. The quantitative estimate of drug-likeness (QED) is 0.658. The van der Waals surface area contributed by atoms with Crippen LogP contribution in [0.25, 0.3) is 0 Å². The van der Waals surface area contributed by atoms with Crippen molar-refractivity contribution in [1.82, 2.24) is 4.57 Å². The molecule has 1 aromatic heterocycles. The Labute approximate surface area is 77.6 Å². The van der Waals surface area contributed by atoms with E-state index in [4.69, 9.17) is 5.26 Å². The van der Waals surface area contributed by atoms with Crippen LogP contribution in [0.1, 0.15) is 35.8 Å². The minimum atomic E-state index is 0.565. The number of nitriles is 1. The van der Waals surface area contributed by atoms with E-state index < -0.39 is 0 Å². The van der Waals surface area contributed by atoms with Crippen molar-refractivity contribution in [3.8, 4) is 6.07 Å². The van der Waals surface area contributed by atoms with Crippen molar-refractivity contribution in [3.05, 3.63) is 23.5 Å². The second-order valence-electron chi connectivity index (χ2n) is 2.94. The first-order valence-electron chi connectivity index (χ1n) is 4.37. The van der Waals surface area contributed by atoms with Gasteiger partial charge in [-0.3, -0.25) is 4.79 Å². The van der Waals surface area contributed by atoms with Crippen LogP contribution in [-0.2, 0) is 6.54 Å². The molecule has 1 aromatic rings. The zero-order valence-corrected chi connectivity index (χ0v) is 7.66. The fourth-order valence-corrected chi connectivity index (χ4v) is 1.20. The lowest BCUT2D eigenvalue weighted by Gasteiger charge is -2.01. The Balaban J connectivity index is 2.85. The molecule has 3 heteroatoms. The number of aryl methyl sites for hydroxylation is 1. The number of rotatable bonds is 4. The first-order chi connectivity index (χ1) is 6.31. The molecule has 0 amide bonds. The Morgan fingerprint density at radius 2 is 2.46 bits per heavy atom. The van der Waals surface area contributed by atoms with Crippen LogP contribution in [-0.4, -0.2) is 10.9 Å². The van der Waals surface area contributed by atoms with E-state index in [9.17, 15) is 4.79 Å². The van der Waals surface area contributed by atoms with E-state index in [2.05, 4.69) is 13.0 Å². The number of nitrogens with zero attached hydrogens (tertiary/aromatic N) is 2. The van der Waals surface area contributed by atoms with E-state index in [-0.39, 0.29) is 0 Å². The van der Waals surface area contributed by atoms with Gasteiger partial charge in [0.15, 0.2) is 6.29 Å². The summed E-state index contributed by atoms with van der Waals surface area (Å²) in [4.78, 5) is 10.4. The Morgan fingerprint density at radius 3 is 3.00 bits per heavy atom. The van der Waals surface area contributed by atoms with Crippen LogP contribution in [0.5, 0.6) is 0 Å². The van der Waals surface area contributed by atoms with Gasteiger partial charge in [-0.1, -0.05) is 13.3 Å². The normalized spacial score (nSPS) is 9.54. The summed E-state index contributed by atoms with van der Waals surface area (Å²) < 4.78 is 1.83. The topological polar surface area (TPSA) is 45.8 Å². The summed E-state index contributed by atoms with van der Waals surface area (Å²) in [6.07, 6.45) is 4.60. The van der Waals surface area contributed by atoms with Gasteiger partial charge in [0, 0.05) is 18.3 Å². The third-order valence-electron chi connectivity index (χ3n) is 1.92. The Bertz CT molecular complexity index is 333. The molecule has 0 fully saturated rings. The first-order valence-corrected chi connectivity index (χ1v) is 4.37. The molecular formula is C10H12N2O. The zero-order chi connectivity index (χ0) is 9.68. The molecule has 0 spiro atoms. The van der Waals surface area contributed by atoms with Crippen molar-refractivity contribution in [2.75, 3.05) is 0 Å². The summed E-state index contributed by atoms with van der Waals surface area (Å²) in [5.74, 6) is 0. The number of hydrogen-bond acceptors (Lipinski definition) is 2. The summed E-state index contributed by atoms with van der Waals surface area (Å²) in [6, 6.07) is 3.68. The Hall–Kier alpha value is -1.56. The average Bonchev–Trinajstić information content (AvgIpc) is 2.57. The average molecular weight is 176 g/mol. The van der Waals surface area contributed by atoms with Gasteiger partial charge < -0.3 is 4.57 Å². The number of aldehydes is 1. The summed E-state index contributed by atoms with van der Waals surface area (Å²) >= 11 is 0. The van der Waals surface area contributed by atoms with Crippen molar-refractivity contribution in [2.24, 2.45) is 0 Å². The predicted molar refractivity (Wildman–Crippen MR) is 49.4 cm³/mol. The summed E-state index contributed by atoms with van der Waals surface area (Å²) in [6.45, 7) is 2.91. The van der Waals surface area contributed by atoms with Gasteiger partial charge >= 0.3 is 0 Å². The minimum Gasteiger partial charge on any atom is -0.339 e. The van der Waals surface area contributed by atoms with Crippen LogP contribution in [0.4, 0.5) is 0 Å². The monoisotopic (exact) mass is 176 g/mol. The molecule has 68 valence electrons. The summed E-state index contributed by atoms with van der Waals surface area (Å²) in [5.41, 5.74) is 1.14. The van der Waals surface area contributed by atoms with Gasteiger partial charge in [-0.05, 0) is 12.5 Å². The largest absolute Gasteiger partial charge is 0.339 e. The molecule has 0 radical (unpaired) electrons. The summed E-state index contributed by atoms with van der Waals surface area (Å²) in [7, 11) is 0. The molecule has 0 aromatic carbocycles. The molecule has 1 rings (SSSR count). The van der Waals surface area contributed by atoms with Crippen molar-refractivity contribution < 1.29 is 4.79 Å². The first kappa shape index (κ1) is 9.53. The maximum Gasteiger partial charge on any atom is 0.151 e. The lowest BCUT2D eigenvalue weighted by molar-refractivity contribution is 0.112. The molecule has 1 heterocycles. The molecule has 0 aliphatic heterocycles. The molecule has 0 unspecified atom stereocenters. The van der Waals surface area contributed by atoms with Crippen molar-refractivity contribution in [3.63, 3.8) is 0 Å². The highest BCUT2D eigenvalue weighted by Gasteiger charge is 2.03. The van der Waals surface area contributed by atoms with Crippen molar-refractivity contribution in [1.29, 1.82) is 5.26 Å². The van der Waals surface area contributed by atoms with Crippen LogP contribution in [0.15, 0.2) is 12.3 Å². The molecule has 0 aliphatic carbocycles. The van der Waals surface area contributed by atoms with Gasteiger partial charge in [-0.2, -0.15) is 5.26 Å². The highest BCUT2D eigenvalue weighted by Crippen LogP contribution is 2.07. The molecule has 0 atom stereocenters. The maximum atomic E-state index is 10.4. The maximum absolute atomic E-state index is 10.4. The standard InChI is InChI=1S/C10H12N2O/c1-2-3-4-12-7-9(8-13)5-10(12)6-11/h5,7-8H,2-4H2,1H3. The lowest BCUT2D eigenvalue weighted by Crippen LogP contribution is -1.98. The Morgan fingerprint density at radius 1 is 1.69 bits per heavy atom. The number of unbranched alkanes of at least 4 members (excludes halogenated alkanes) is 1. The van der Waals surface area contributed by atoms with Crippen molar-refractivity contribution in [2.45, 2.75) is 26.3 Å². The van der Waals surface area contributed by atoms with E-state index in [1.54, 1.807) is 12.3 Å². The highest BCUT2D eigenvalue weighted by molar-refractivity contribution is 5.75. The third kappa shape index (κ3) is 2.19. The van der Waals surface area contributed by atoms with Crippen LogP contribution < -0.4 is 0 Å². The van der Waals surface area contributed by atoms with E-state index >= 15 is 0 Å². The van der Waals surface area contributed by atoms with Gasteiger partial charge in [-0.25, -0.2) is 0 Å². The van der Waals surface area contributed by atoms with E-state index in [1.165, 1.54) is 0 Å². The van der Waals surface area contributed by atoms with Crippen LogP contribution in [0.3, 0.4) is 0 Å². The molecular weight excluding hydrogens is 164 g/mol. The molecule has 13 heavy (non-hydrogen) atoms. The van der Waals surface area contributed by atoms with E-state index in [0.717, 1.165) is 25.7 Å². The molecule has 0 bridgehead atoms. The minimum absolute atomic E-state index is 0.565. The fourth-order valence-electron chi connectivity index (χ4n) is 1.20. The van der Waals surface area contributed by atoms with Gasteiger partial charge in [0.1, 0.15) is 11.8 Å². The number of carbonyl (C=O) groups excluding carboxylic acids is 1. The number of carbonyl (C=O) groups is 1. The molecule has 0 aliphatic rings. The Kier molecular flexibility index (Phi) is 3.27. The molecule has 0 saturated carbocycles. The van der Waals surface area contributed by atoms with Crippen molar-refractivity contribution >= 4 is 6.29 Å². The van der Waals surface area contributed by atoms with Crippen LogP contribution >= 0.6 is 0 Å². The lowest BCUT2D eigenvalue weighted by atomic mass is 10.3. The van der Waals surface area contributed by atoms with Crippen LogP contribution in [0, 0.1) is 11.3 Å². The van der Waals surface area contributed by atoms with Gasteiger partial charge in [0.25, 0.3) is 0 Å². The number of aromatic nitrogens is 1. The second-order valence-corrected chi connectivity index (χ2v) is 2.94. The van der Waals surface area contributed by atoms with Crippen LogP contribution in [0.2, 0.25) is 0 Å². The van der Waals surface area contributed by atoms with Gasteiger partial charge in [-0.15, -0.1) is 0 Å². The van der Waals surface area contributed by atoms with E-state index in [1.807, 2.05) is 4.57 Å². The van der Waals surface area contributed by atoms with E-state index in [0.29, 0.717) is 11.3 Å². The zero-order valence-electron chi connectivity index (χ0n) is 7.66. The molecule has 0 saturated heterocycles. The van der Waals surface area contributed by atoms with Gasteiger partial charge in [0.2, 0.25) is 0 Å². The SMILES string of the molecule is CCCCn1cc(C=O)cc1C#N. The third-order valence-corrected chi connectivity index (χ3v) is 1.92. The number of hydrogen-bond donors (Lipinski definition) is 0. The predicted octanol–water partition coefficient (Wildman–Crippen LogP) is 1.97. The molecule has 3 nitrogen and oxygen atoms in total.